The Morgan fingerprint density at radius 3 is 2.56 bits per heavy atom. The summed E-state index contributed by atoms with van der Waals surface area (Å²) in [5, 5.41) is 2.27. The van der Waals surface area contributed by atoms with Crippen LogP contribution in [0.2, 0.25) is 0 Å². The highest BCUT2D eigenvalue weighted by molar-refractivity contribution is 5.83. The van der Waals surface area contributed by atoms with E-state index in [2.05, 4.69) is 26.8 Å². The fraction of sp³-hybridized carbons (Fsp3) is 0.500. The topological polar surface area (TPSA) is 35.5 Å². The van der Waals surface area contributed by atoms with Gasteiger partial charge in [0.2, 0.25) is 0 Å². The predicted molar refractivity (Wildman–Crippen MR) is 98.6 cm³/mol. The molecule has 2 bridgehead atoms. The van der Waals surface area contributed by atoms with Crippen LogP contribution in [0.25, 0.3) is 10.8 Å². The average molecular weight is 338 g/mol. The standard InChI is InChI=1S/C22H26O3/c1-21(2)17-10-11-22(21,3)19(13-17)25-20(23)14-24-18-9-8-15-6-4-5-7-16(15)12-18/h4-9,12,17,19H,10-11,13-14H2,1-3H3/t17-,19-,22+/m1/s1. The van der Waals surface area contributed by atoms with Gasteiger partial charge in [0, 0.05) is 5.41 Å². The summed E-state index contributed by atoms with van der Waals surface area (Å²) < 4.78 is 11.5. The maximum absolute atomic E-state index is 12.3. The number of carbonyl (C=O) groups excluding carboxylic acids is 1. The van der Waals surface area contributed by atoms with Crippen molar-refractivity contribution in [1.29, 1.82) is 0 Å². The Bertz CT molecular complexity index is 810. The van der Waals surface area contributed by atoms with Crippen molar-refractivity contribution in [2.24, 2.45) is 16.7 Å². The van der Waals surface area contributed by atoms with Gasteiger partial charge in [-0.2, -0.15) is 0 Å². The zero-order valence-electron chi connectivity index (χ0n) is 15.2. The maximum Gasteiger partial charge on any atom is 0.344 e. The second kappa shape index (κ2) is 5.76. The lowest BCUT2D eigenvalue weighted by atomic mass is 9.70. The van der Waals surface area contributed by atoms with Gasteiger partial charge in [-0.1, -0.05) is 51.1 Å². The number of esters is 1. The summed E-state index contributed by atoms with van der Waals surface area (Å²) in [6.45, 7) is 6.90. The van der Waals surface area contributed by atoms with Crippen LogP contribution in [0.3, 0.4) is 0 Å². The quantitative estimate of drug-likeness (QED) is 0.738. The molecule has 2 aromatic rings. The molecule has 3 nitrogen and oxygen atoms in total. The Kier molecular flexibility index (Phi) is 3.78. The fourth-order valence-electron chi connectivity index (χ4n) is 4.90. The van der Waals surface area contributed by atoms with Gasteiger partial charge in [-0.15, -0.1) is 0 Å². The molecule has 2 fully saturated rings. The first-order valence-electron chi connectivity index (χ1n) is 9.21. The minimum atomic E-state index is -0.261. The van der Waals surface area contributed by atoms with Gasteiger partial charge in [0.05, 0.1) is 0 Å². The summed E-state index contributed by atoms with van der Waals surface area (Å²) in [6.07, 6.45) is 3.42. The zero-order valence-corrected chi connectivity index (χ0v) is 15.2. The molecule has 0 heterocycles. The van der Waals surface area contributed by atoms with Crippen LogP contribution in [0, 0.1) is 16.7 Å². The van der Waals surface area contributed by atoms with Crippen LogP contribution < -0.4 is 4.74 Å². The Labute approximate surface area is 149 Å². The Hall–Kier alpha value is -2.03. The van der Waals surface area contributed by atoms with Crippen LogP contribution in [-0.4, -0.2) is 18.7 Å². The van der Waals surface area contributed by atoms with Crippen LogP contribution in [0.5, 0.6) is 5.75 Å². The highest BCUT2D eigenvalue weighted by Crippen LogP contribution is 2.66. The van der Waals surface area contributed by atoms with Crippen LogP contribution in [-0.2, 0) is 9.53 Å². The summed E-state index contributed by atoms with van der Waals surface area (Å²) in [5.41, 5.74) is 0.341. The molecule has 3 atom stereocenters. The van der Waals surface area contributed by atoms with E-state index in [0.29, 0.717) is 11.7 Å². The Balaban J connectivity index is 1.38. The normalized spacial score (nSPS) is 29.7. The third-order valence-electron chi connectivity index (χ3n) is 7.07. The highest BCUT2D eigenvalue weighted by atomic mass is 16.6. The smallest absolute Gasteiger partial charge is 0.344 e. The maximum atomic E-state index is 12.3. The fourth-order valence-corrected chi connectivity index (χ4v) is 4.90. The van der Waals surface area contributed by atoms with Crippen molar-refractivity contribution in [3.05, 3.63) is 42.5 Å². The van der Waals surface area contributed by atoms with E-state index in [-0.39, 0.29) is 29.5 Å². The van der Waals surface area contributed by atoms with Crippen molar-refractivity contribution >= 4 is 16.7 Å². The van der Waals surface area contributed by atoms with Crippen molar-refractivity contribution in [2.75, 3.05) is 6.61 Å². The molecule has 2 aliphatic rings. The third kappa shape index (κ3) is 2.61. The number of ether oxygens (including phenoxy) is 2. The SMILES string of the molecule is CC1(C)[C@@H]2CC[C@@]1(C)[C@H](OC(=O)COc1ccc3ccccc3c1)C2. The van der Waals surface area contributed by atoms with E-state index in [4.69, 9.17) is 9.47 Å². The Morgan fingerprint density at radius 2 is 1.88 bits per heavy atom. The van der Waals surface area contributed by atoms with Gasteiger partial charge in [-0.05, 0) is 53.5 Å². The van der Waals surface area contributed by atoms with Crippen LogP contribution in [0.4, 0.5) is 0 Å². The summed E-state index contributed by atoms with van der Waals surface area (Å²) in [4.78, 5) is 12.3. The minimum Gasteiger partial charge on any atom is -0.482 e. The second-order valence-electron chi connectivity index (χ2n) is 8.39. The molecule has 2 aliphatic carbocycles. The Morgan fingerprint density at radius 1 is 1.12 bits per heavy atom. The molecule has 0 aliphatic heterocycles. The summed E-state index contributed by atoms with van der Waals surface area (Å²) >= 11 is 0. The summed E-state index contributed by atoms with van der Waals surface area (Å²) in [6, 6.07) is 14.0. The van der Waals surface area contributed by atoms with E-state index in [9.17, 15) is 4.79 Å². The molecule has 4 rings (SSSR count). The minimum absolute atomic E-state index is 0.0222. The van der Waals surface area contributed by atoms with Crippen LogP contribution >= 0.6 is 0 Å². The molecule has 132 valence electrons. The summed E-state index contributed by atoms with van der Waals surface area (Å²) in [7, 11) is 0. The van der Waals surface area contributed by atoms with E-state index in [1.807, 2.05) is 36.4 Å². The van der Waals surface area contributed by atoms with E-state index < -0.39 is 0 Å². The number of hydrogen-bond donors (Lipinski definition) is 0. The second-order valence-corrected chi connectivity index (χ2v) is 8.39. The van der Waals surface area contributed by atoms with Gasteiger partial charge >= 0.3 is 5.97 Å². The molecule has 25 heavy (non-hydrogen) atoms. The van der Waals surface area contributed by atoms with Gasteiger partial charge in [0.25, 0.3) is 0 Å². The van der Waals surface area contributed by atoms with Gasteiger partial charge < -0.3 is 9.47 Å². The van der Waals surface area contributed by atoms with Crippen molar-refractivity contribution in [2.45, 2.75) is 46.1 Å². The first kappa shape index (κ1) is 16.4. The first-order valence-corrected chi connectivity index (χ1v) is 9.21. The number of hydrogen-bond acceptors (Lipinski definition) is 3. The summed E-state index contributed by atoms with van der Waals surface area (Å²) in [5.74, 6) is 1.11. The van der Waals surface area contributed by atoms with E-state index in [1.54, 1.807) is 0 Å². The first-order chi connectivity index (χ1) is 11.9. The van der Waals surface area contributed by atoms with E-state index in [1.165, 1.54) is 6.42 Å². The zero-order chi connectivity index (χ0) is 17.7. The lowest BCUT2D eigenvalue weighted by Crippen LogP contribution is -2.39. The molecular weight excluding hydrogens is 312 g/mol. The predicted octanol–water partition coefficient (Wildman–Crippen LogP) is 4.98. The number of carbonyl (C=O) groups is 1. The molecule has 2 aromatic carbocycles. The molecule has 0 N–H and O–H groups in total. The molecule has 0 aromatic heterocycles. The van der Waals surface area contributed by atoms with Crippen molar-refractivity contribution in [3.8, 4) is 5.75 Å². The molecule has 0 saturated heterocycles. The molecular formula is C22H26O3. The van der Waals surface area contributed by atoms with Crippen LogP contribution in [0.1, 0.15) is 40.0 Å². The number of rotatable bonds is 4. The van der Waals surface area contributed by atoms with Crippen molar-refractivity contribution < 1.29 is 14.3 Å². The highest BCUT2D eigenvalue weighted by Gasteiger charge is 2.62. The third-order valence-corrected chi connectivity index (χ3v) is 7.07. The van der Waals surface area contributed by atoms with Gasteiger partial charge in [0.15, 0.2) is 6.61 Å². The van der Waals surface area contributed by atoms with Crippen molar-refractivity contribution in [1.82, 2.24) is 0 Å². The lowest BCUT2D eigenvalue weighted by molar-refractivity contribution is -0.159. The molecule has 0 radical (unpaired) electrons. The van der Waals surface area contributed by atoms with Gasteiger partial charge in [0.1, 0.15) is 11.9 Å². The molecule has 3 heteroatoms. The van der Waals surface area contributed by atoms with Crippen molar-refractivity contribution in [3.63, 3.8) is 0 Å². The number of fused-ring (bicyclic) bond motifs is 3. The molecule has 0 unspecified atom stereocenters. The molecule has 0 amide bonds. The van der Waals surface area contributed by atoms with E-state index in [0.717, 1.165) is 23.6 Å². The lowest BCUT2D eigenvalue weighted by Gasteiger charge is -2.38. The average Bonchev–Trinajstić information content (AvgIpc) is 2.93. The largest absolute Gasteiger partial charge is 0.482 e. The number of benzene rings is 2. The van der Waals surface area contributed by atoms with Crippen LogP contribution in [0.15, 0.2) is 42.5 Å². The molecule has 0 spiro atoms. The molecule has 2 saturated carbocycles. The van der Waals surface area contributed by atoms with Gasteiger partial charge in [-0.3, -0.25) is 0 Å². The monoisotopic (exact) mass is 338 g/mol. The van der Waals surface area contributed by atoms with Gasteiger partial charge in [-0.25, -0.2) is 4.79 Å². The van der Waals surface area contributed by atoms with E-state index >= 15 is 0 Å².